The first-order chi connectivity index (χ1) is 14.7. The van der Waals surface area contributed by atoms with E-state index >= 15 is 0 Å². The van der Waals surface area contributed by atoms with Crippen LogP contribution in [0.1, 0.15) is 19.5 Å². The normalized spacial score (nSPS) is 11.9. The molecule has 31 heavy (non-hydrogen) atoms. The molecule has 0 aliphatic rings. The van der Waals surface area contributed by atoms with E-state index in [1.54, 1.807) is 13.4 Å². The number of hydrogen-bond donors (Lipinski definition) is 2. The molecule has 2 N–H and O–H groups in total. The first-order valence-electron chi connectivity index (χ1n) is 10.0. The SMILES string of the molecule is CCNC(=NCc1coc(-c2ccccc2)n1)NCC(C)Oc1ccc(OC)cc1.I. The number of aromatic nitrogens is 1. The molecule has 0 bridgehead atoms. The molecular formula is C23H29IN4O3. The van der Waals surface area contributed by atoms with Gasteiger partial charge in [-0.1, -0.05) is 18.2 Å². The summed E-state index contributed by atoms with van der Waals surface area (Å²) in [5.41, 5.74) is 1.72. The van der Waals surface area contributed by atoms with E-state index in [-0.39, 0.29) is 30.1 Å². The maximum absolute atomic E-state index is 5.93. The third kappa shape index (κ3) is 7.78. The second kappa shape index (κ2) is 12.8. The van der Waals surface area contributed by atoms with Gasteiger partial charge >= 0.3 is 0 Å². The molecule has 3 aromatic rings. The molecule has 8 heteroatoms. The summed E-state index contributed by atoms with van der Waals surface area (Å²) in [6.45, 7) is 5.81. The van der Waals surface area contributed by atoms with Gasteiger partial charge in [-0.2, -0.15) is 0 Å². The fraction of sp³-hybridized carbons (Fsp3) is 0.304. The van der Waals surface area contributed by atoms with E-state index in [1.165, 1.54) is 0 Å². The monoisotopic (exact) mass is 536 g/mol. The standard InChI is InChI=1S/C23H28N4O3.HI/c1-4-24-23(25-14-17(2)30-21-12-10-20(28-3)11-13-21)26-15-19-16-29-22(27-19)18-8-6-5-7-9-18;/h5-13,16-17H,4,14-15H2,1-3H3,(H2,24,25,26);1H. The first-order valence-corrected chi connectivity index (χ1v) is 10.0. The minimum absolute atomic E-state index is 0. The molecule has 1 heterocycles. The van der Waals surface area contributed by atoms with Gasteiger partial charge in [-0.15, -0.1) is 24.0 Å². The predicted molar refractivity (Wildman–Crippen MR) is 133 cm³/mol. The van der Waals surface area contributed by atoms with Gasteiger partial charge in [-0.3, -0.25) is 0 Å². The zero-order valence-electron chi connectivity index (χ0n) is 18.0. The van der Waals surface area contributed by atoms with E-state index in [0.29, 0.717) is 24.9 Å². The fourth-order valence-electron chi connectivity index (χ4n) is 2.76. The van der Waals surface area contributed by atoms with E-state index in [2.05, 4.69) is 20.6 Å². The summed E-state index contributed by atoms with van der Waals surface area (Å²) >= 11 is 0. The molecule has 2 aromatic carbocycles. The van der Waals surface area contributed by atoms with Crippen LogP contribution in [0.4, 0.5) is 0 Å². The summed E-state index contributed by atoms with van der Waals surface area (Å²) in [6.07, 6.45) is 1.60. The number of benzene rings is 2. The number of guanidine groups is 1. The van der Waals surface area contributed by atoms with Crippen molar-refractivity contribution in [2.75, 3.05) is 20.2 Å². The maximum atomic E-state index is 5.93. The molecule has 1 aromatic heterocycles. The van der Waals surface area contributed by atoms with E-state index in [9.17, 15) is 0 Å². The number of hydrogen-bond acceptors (Lipinski definition) is 5. The zero-order valence-corrected chi connectivity index (χ0v) is 20.3. The Balaban J connectivity index is 0.00000341. The number of nitrogens with one attached hydrogen (secondary N) is 2. The Labute approximate surface area is 200 Å². The molecule has 0 spiro atoms. The van der Waals surface area contributed by atoms with Crippen molar-refractivity contribution in [1.29, 1.82) is 0 Å². The number of oxazole rings is 1. The summed E-state index contributed by atoms with van der Waals surface area (Å²) in [5.74, 6) is 2.90. The summed E-state index contributed by atoms with van der Waals surface area (Å²) in [5, 5.41) is 6.54. The lowest BCUT2D eigenvalue weighted by Gasteiger charge is -2.17. The Morgan fingerprint density at radius 2 is 1.77 bits per heavy atom. The Kier molecular flexibility index (Phi) is 10.2. The van der Waals surface area contributed by atoms with Crippen LogP contribution in [-0.2, 0) is 6.54 Å². The zero-order chi connectivity index (χ0) is 21.2. The van der Waals surface area contributed by atoms with Gasteiger partial charge in [0.25, 0.3) is 0 Å². The highest BCUT2D eigenvalue weighted by atomic mass is 127. The number of nitrogens with zero attached hydrogens (tertiary/aromatic N) is 2. The summed E-state index contributed by atoms with van der Waals surface area (Å²) in [7, 11) is 1.64. The van der Waals surface area contributed by atoms with Crippen molar-refractivity contribution < 1.29 is 13.9 Å². The van der Waals surface area contributed by atoms with Gasteiger partial charge in [-0.25, -0.2) is 9.98 Å². The molecule has 3 rings (SSSR count). The molecule has 0 saturated heterocycles. The number of methoxy groups -OCH3 is 1. The van der Waals surface area contributed by atoms with E-state index in [4.69, 9.17) is 13.9 Å². The molecule has 0 saturated carbocycles. The smallest absolute Gasteiger partial charge is 0.226 e. The van der Waals surface area contributed by atoms with Crippen LogP contribution in [0, 0.1) is 0 Å². The minimum atomic E-state index is -0.0426. The molecule has 1 atom stereocenters. The van der Waals surface area contributed by atoms with Crippen molar-refractivity contribution in [2.45, 2.75) is 26.5 Å². The molecule has 7 nitrogen and oxygen atoms in total. The fourth-order valence-corrected chi connectivity index (χ4v) is 2.76. The third-order valence-electron chi connectivity index (χ3n) is 4.27. The summed E-state index contributed by atoms with van der Waals surface area (Å²) in [6, 6.07) is 17.4. The van der Waals surface area contributed by atoms with Crippen molar-refractivity contribution in [3.05, 3.63) is 66.6 Å². The molecule has 0 amide bonds. The Bertz CT molecular complexity index is 930. The maximum Gasteiger partial charge on any atom is 0.226 e. The average molecular weight is 536 g/mol. The highest BCUT2D eigenvalue weighted by molar-refractivity contribution is 14.0. The number of ether oxygens (including phenoxy) is 2. The van der Waals surface area contributed by atoms with E-state index in [1.807, 2.05) is 68.4 Å². The largest absolute Gasteiger partial charge is 0.497 e. The predicted octanol–water partition coefficient (Wildman–Crippen LogP) is 4.49. The molecule has 1 unspecified atom stereocenters. The van der Waals surface area contributed by atoms with Gasteiger partial charge in [0, 0.05) is 12.1 Å². The van der Waals surface area contributed by atoms with Crippen LogP contribution in [-0.4, -0.2) is 37.2 Å². The van der Waals surface area contributed by atoms with Crippen molar-refractivity contribution in [1.82, 2.24) is 15.6 Å². The van der Waals surface area contributed by atoms with E-state index in [0.717, 1.165) is 29.3 Å². The second-order valence-corrected chi connectivity index (χ2v) is 6.69. The highest BCUT2D eigenvalue weighted by Gasteiger charge is 2.08. The molecule has 0 fully saturated rings. The quantitative estimate of drug-likeness (QED) is 0.238. The lowest BCUT2D eigenvalue weighted by molar-refractivity contribution is 0.223. The van der Waals surface area contributed by atoms with Crippen molar-refractivity contribution in [2.24, 2.45) is 4.99 Å². The Morgan fingerprint density at radius 1 is 1.06 bits per heavy atom. The molecule has 0 aliphatic heterocycles. The summed E-state index contributed by atoms with van der Waals surface area (Å²) < 4.78 is 16.7. The van der Waals surface area contributed by atoms with E-state index < -0.39 is 0 Å². The van der Waals surface area contributed by atoms with Gasteiger partial charge in [-0.05, 0) is 50.2 Å². The molecule has 0 radical (unpaired) electrons. The number of halogens is 1. The van der Waals surface area contributed by atoms with Crippen LogP contribution in [0.3, 0.4) is 0 Å². The van der Waals surface area contributed by atoms with Crippen LogP contribution in [0.25, 0.3) is 11.5 Å². The van der Waals surface area contributed by atoms with Gasteiger partial charge in [0.05, 0.1) is 20.2 Å². The number of rotatable bonds is 9. The minimum Gasteiger partial charge on any atom is -0.497 e. The van der Waals surface area contributed by atoms with Crippen LogP contribution in [0.2, 0.25) is 0 Å². The van der Waals surface area contributed by atoms with Crippen LogP contribution < -0.4 is 20.1 Å². The van der Waals surface area contributed by atoms with Gasteiger partial charge < -0.3 is 24.5 Å². The first kappa shape index (κ1) is 24.5. The van der Waals surface area contributed by atoms with Crippen LogP contribution in [0.15, 0.2) is 70.3 Å². The number of aliphatic imine (C=N–C) groups is 1. The lowest BCUT2D eigenvalue weighted by atomic mass is 10.2. The van der Waals surface area contributed by atoms with Gasteiger partial charge in [0.1, 0.15) is 29.6 Å². The molecular weight excluding hydrogens is 507 g/mol. The van der Waals surface area contributed by atoms with Gasteiger partial charge in [0.2, 0.25) is 5.89 Å². The van der Waals surface area contributed by atoms with Crippen molar-refractivity contribution in [3.8, 4) is 23.0 Å². The highest BCUT2D eigenvalue weighted by Crippen LogP contribution is 2.19. The van der Waals surface area contributed by atoms with Crippen LogP contribution in [0.5, 0.6) is 11.5 Å². The third-order valence-corrected chi connectivity index (χ3v) is 4.27. The van der Waals surface area contributed by atoms with Gasteiger partial charge in [0.15, 0.2) is 5.96 Å². The molecule has 0 aliphatic carbocycles. The molecule has 166 valence electrons. The second-order valence-electron chi connectivity index (χ2n) is 6.69. The summed E-state index contributed by atoms with van der Waals surface area (Å²) in [4.78, 5) is 9.11. The van der Waals surface area contributed by atoms with Crippen molar-refractivity contribution >= 4 is 29.9 Å². The topological polar surface area (TPSA) is 80.9 Å². The van der Waals surface area contributed by atoms with Crippen LogP contribution >= 0.6 is 24.0 Å². The average Bonchev–Trinajstić information content (AvgIpc) is 3.26. The van der Waals surface area contributed by atoms with Crippen molar-refractivity contribution in [3.63, 3.8) is 0 Å². The Hall–Kier alpha value is -2.75. The Morgan fingerprint density at radius 3 is 2.45 bits per heavy atom. The lowest BCUT2D eigenvalue weighted by Crippen LogP contribution is -2.41.